The summed E-state index contributed by atoms with van der Waals surface area (Å²) in [5.41, 5.74) is 0.866. The lowest BCUT2D eigenvalue weighted by molar-refractivity contribution is -0.137. The molecule has 1 aromatic heterocycles. The highest BCUT2D eigenvalue weighted by molar-refractivity contribution is 7.86. The maximum absolute atomic E-state index is 13.8. The number of ether oxygens (including phenoxy) is 1. The van der Waals surface area contributed by atoms with E-state index in [0.29, 0.717) is 23.8 Å². The average molecular weight is 608 g/mol. The van der Waals surface area contributed by atoms with Crippen molar-refractivity contribution in [2.24, 2.45) is 0 Å². The van der Waals surface area contributed by atoms with Crippen molar-refractivity contribution >= 4 is 43.3 Å². The molecule has 1 unspecified atom stereocenters. The molecule has 1 aliphatic carbocycles. The molecular formula is C33H28F3NO5S. The highest BCUT2D eigenvalue weighted by atomic mass is 32.2. The van der Waals surface area contributed by atoms with E-state index in [1.807, 2.05) is 36.4 Å². The van der Waals surface area contributed by atoms with Gasteiger partial charge >= 0.3 is 6.18 Å². The smallest absolute Gasteiger partial charge is 0.416 e. The Bertz CT molecular complexity index is 1980. The number of aryl methyl sites for hydroxylation is 1. The number of nitrogens with zero attached hydrogens (tertiary/aromatic N) is 1. The minimum atomic E-state index is -4.98. The summed E-state index contributed by atoms with van der Waals surface area (Å²) in [5, 5.41) is 1.87. The number of benzene rings is 3. The number of rotatable bonds is 8. The van der Waals surface area contributed by atoms with Crippen LogP contribution in [0.4, 0.5) is 13.2 Å². The Kier molecular flexibility index (Phi) is 7.30. The van der Waals surface area contributed by atoms with Crippen LogP contribution in [0.5, 0.6) is 0 Å². The number of para-hydroxylation sites is 1. The van der Waals surface area contributed by atoms with Gasteiger partial charge in [-0.3, -0.25) is 9.35 Å². The average Bonchev–Trinajstić information content (AvgIpc) is 3.51. The summed E-state index contributed by atoms with van der Waals surface area (Å²) in [5.74, 6) is -0.428. The third-order valence-electron chi connectivity index (χ3n) is 7.97. The molecule has 1 N–H and O–H groups in total. The number of allylic oxidation sites excluding steroid dienone is 4. The summed E-state index contributed by atoms with van der Waals surface area (Å²) in [7, 11) is -4.98. The number of unbranched alkanes of at least 4 members (excludes halogenated alkanes) is 3. The second-order valence-electron chi connectivity index (χ2n) is 10.7. The van der Waals surface area contributed by atoms with E-state index in [4.69, 9.17) is 4.74 Å². The van der Waals surface area contributed by atoms with Crippen LogP contribution in [0.2, 0.25) is 0 Å². The maximum Gasteiger partial charge on any atom is 0.416 e. The molecule has 2 heterocycles. The lowest BCUT2D eigenvalue weighted by Crippen LogP contribution is -2.12. The lowest BCUT2D eigenvalue weighted by Gasteiger charge is -2.19. The highest BCUT2D eigenvalue weighted by Gasteiger charge is 2.41. The molecule has 4 aromatic rings. The van der Waals surface area contributed by atoms with E-state index in [9.17, 15) is 30.9 Å². The van der Waals surface area contributed by atoms with Crippen LogP contribution in [-0.2, 0) is 32.4 Å². The summed E-state index contributed by atoms with van der Waals surface area (Å²) in [6.07, 6.45) is 2.65. The molecule has 0 spiro atoms. The summed E-state index contributed by atoms with van der Waals surface area (Å²) < 4.78 is 84.7. The van der Waals surface area contributed by atoms with Crippen LogP contribution >= 0.6 is 0 Å². The first-order valence-electron chi connectivity index (χ1n) is 14.0. The Morgan fingerprint density at radius 2 is 1.72 bits per heavy atom. The molecule has 0 bridgehead atoms. The predicted molar refractivity (Wildman–Crippen MR) is 158 cm³/mol. The second kappa shape index (κ2) is 10.8. The van der Waals surface area contributed by atoms with Gasteiger partial charge in [-0.2, -0.15) is 21.6 Å². The number of aromatic nitrogens is 1. The number of halogens is 3. The molecule has 0 fully saturated rings. The van der Waals surface area contributed by atoms with Crippen molar-refractivity contribution < 1.29 is 35.7 Å². The Morgan fingerprint density at radius 1 is 0.953 bits per heavy atom. The molecular weight excluding hydrogens is 579 g/mol. The second-order valence-corrected chi connectivity index (χ2v) is 12.1. The van der Waals surface area contributed by atoms with Crippen molar-refractivity contribution in [1.29, 1.82) is 0 Å². The zero-order valence-corrected chi connectivity index (χ0v) is 24.0. The van der Waals surface area contributed by atoms with Gasteiger partial charge in [0.1, 0.15) is 10.7 Å². The molecule has 0 saturated carbocycles. The van der Waals surface area contributed by atoms with Crippen LogP contribution in [-0.4, -0.2) is 23.3 Å². The van der Waals surface area contributed by atoms with Gasteiger partial charge < -0.3 is 9.30 Å². The molecule has 1 aliphatic heterocycles. The standard InChI is InChI=1S/C33H28F3NO5S/c1-2-3-4-7-17-37-25-10-6-5-9-22(25)23-18-20(13-15-26(23)37)32-30(31-27(38)11-8-12-28(31)42-32)24-19-21(33(34,35)36)14-16-29(24)43(39,40)41/h5-6,8-16,18-19,32H,2-4,7,17H2,1H3,(H,39,40,41). The van der Waals surface area contributed by atoms with E-state index in [0.717, 1.165) is 54.0 Å². The van der Waals surface area contributed by atoms with Crippen LogP contribution in [0, 0.1) is 0 Å². The number of ketones is 1. The third-order valence-corrected chi connectivity index (χ3v) is 8.89. The Labute approximate surface area is 246 Å². The van der Waals surface area contributed by atoms with Crippen molar-refractivity contribution in [3.63, 3.8) is 0 Å². The van der Waals surface area contributed by atoms with Gasteiger partial charge in [0, 0.05) is 39.5 Å². The van der Waals surface area contributed by atoms with E-state index >= 15 is 0 Å². The van der Waals surface area contributed by atoms with Crippen LogP contribution in [0.3, 0.4) is 0 Å². The fourth-order valence-corrected chi connectivity index (χ4v) is 6.70. The highest BCUT2D eigenvalue weighted by Crippen LogP contribution is 2.50. The van der Waals surface area contributed by atoms with Crippen LogP contribution in [0.15, 0.2) is 95.1 Å². The molecule has 1 atom stereocenters. The first-order valence-corrected chi connectivity index (χ1v) is 15.5. The number of fused-ring (bicyclic) bond motifs is 4. The molecule has 10 heteroatoms. The number of hydrogen-bond acceptors (Lipinski definition) is 4. The van der Waals surface area contributed by atoms with Gasteiger partial charge in [-0.15, -0.1) is 0 Å². The zero-order chi connectivity index (χ0) is 30.5. The van der Waals surface area contributed by atoms with E-state index in [-0.39, 0.29) is 16.9 Å². The van der Waals surface area contributed by atoms with Crippen molar-refractivity contribution in [1.82, 2.24) is 4.57 Å². The van der Waals surface area contributed by atoms with Crippen LogP contribution in [0.1, 0.15) is 55.4 Å². The molecule has 3 aromatic carbocycles. The minimum absolute atomic E-state index is 0.0461. The Morgan fingerprint density at radius 3 is 2.47 bits per heavy atom. The molecule has 0 amide bonds. The van der Waals surface area contributed by atoms with Gasteiger partial charge in [-0.1, -0.05) is 56.5 Å². The summed E-state index contributed by atoms with van der Waals surface area (Å²) in [4.78, 5) is 12.4. The fourth-order valence-electron chi connectivity index (χ4n) is 6.02. The molecule has 222 valence electrons. The molecule has 6 nitrogen and oxygen atoms in total. The number of carbonyl (C=O) groups is 1. The first kappa shape index (κ1) is 28.9. The largest absolute Gasteiger partial charge is 0.480 e. The molecule has 0 saturated heterocycles. The van der Waals surface area contributed by atoms with Gasteiger partial charge in [0.2, 0.25) is 0 Å². The molecule has 43 heavy (non-hydrogen) atoms. The third kappa shape index (κ3) is 5.19. The number of hydrogen-bond donors (Lipinski definition) is 1. The molecule has 0 radical (unpaired) electrons. The number of alkyl halides is 3. The molecule has 6 rings (SSSR count). The Balaban J connectivity index is 1.56. The monoisotopic (exact) mass is 607 g/mol. The van der Waals surface area contributed by atoms with E-state index in [1.54, 1.807) is 6.07 Å². The van der Waals surface area contributed by atoms with Crippen molar-refractivity contribution in [3.8, 4) is 0 Å². The summed E-state index contributed by atoms with van der Waals surface area (Å²) >= 11 is 0. The Hall–Kier alpha value is -4.15. The van der Waals surface area contributed by atoms with Gasteiger partial charge in [0.25, 0.3) is 10.1 Å². The van der Waals surface area contributed by atoms with Gasteiger partial charge in [0.15, 0.2) is 11.9 Å². The van der Waals surface area contributed by atoms with Crippen molar-refractivity contribution in [3.05, 3.63) is 107 Å². The van der Waals surface area contributed by atoms with E-state index < -0.39 is 44.2 Å². The first-order chi connectivity index (χ1) is 20.5. The fraction of sp³-hybridized carbons (Fsp3) is 0.242. The quantitative estimate of drug-likeness (QED) is 0.161. The summed E-state index contributed by atoms with van der Waals surface area (Å²) in [6.45, 7) is 2.97. The van der Waals surface area contributed by atoms with E-state index in [2.05, 4.69) is 11.5 Å². The van der Waals surface area contributed by atoms with Crippen molar-refractivity contribution in [2.45, 2.75) is 56.3 Å². The normalized spacial score (nSPS) is 17.1. The van der Waals surface area contributed by atoms with Gasteiger partial charge in [-0.05, 0) is 60.5 Å². The summed E-state index contributed by atoms with van der Waals surface area (Å²) in [6, 6.07) is 15.5. The number of carbonyl (C=O) groups excluding carboxylic acids is 1. The van der Waals surface area contributed by atoms with E-state index in [1.165, 1.54) is 18.2 Å². The topological polar surface area (TPSA) is 85.6 Å². The van der Waals surface area contributed by atoms with Crippen molar-refractivity contribution in [2.75, 3.05) is 0 Å². The molecule has 2 aliphatic rings. The van der Waals surface area contributed by atoms with Gasteiger partial charge in [0.05, 0.1) is 11.1 Å². The predicted octanol–water partition coefficient (Wildman–Crippen LogP) is 8.19. The van der Waals surface area contributed by atoms with Gasteiger partial charge in [-0.25, -0.2) is 0 Å². The maximum atomic E-state index is 13.8. The van der Waals surface area contributed by atoms with Crippen LogP contribution in [0.25, 0.3) is 27.4 Å². The minimum Gasteiger partial charge on any atom is -0.480 e. The SMILES string of the molecule is CCCCCCn1c2ccccc2c2cc(C3OC4=CC=CC(=O)C4=C3c3cc(C(F)(F)F)ccc3S(=O)(=O)O)ccc21. The lowest BCUT2D eigenvalue weighted by atomic mass is 9.88. The van der Waals surface area contributed by atoms with Crippen LogP contribution < -0.4 is 0 Å². The zero-order valence-electron chi connectivity index (χ0n) is 23.2.